The van der Waals surface area contributed by atoms with Crippen molar-refractivity contribution in [2.45, 2.75) is 69.1 Å². The summed E-state index contributed by atoms with van der Waals surface area (Å²) in [4.78, 5) is 27.8. The number of hydrogen-bond acceptors (Lipinski definition) is 10. The highest BCUT2D eigenvalue weighted by atomic mass is 19.1. The van der Waals surface area contributed by atoms with Crippen molar-refractivity contribution in [2.24, 2.45) is 0 Å². The van der Waals surface area contributed by atoms with Crippen LogP contribution in [-0.2, 0) is 4.79 Å². The number of rotatable bonds is 7. The summed E-state index contributed by atoms with van der Waals surface area (Å²) < 4.78 is 29.7. The molecule has 1 saturated carbocycles. The van der Waals surface area contributed by atoms with E-state index in [1.807, 2.05) is 0 Å². The molecule has 12 nitrogen and oxygen atoms in total. The van der Waals surface area contributed by atoms with Crippen molar-refractivity contribution in [3.8, 4) is 35.9 Å². The third-order valence-corrected chi connectivity index (χ3v) is 9.87. The first-order valence-electron chi connectivity index (χ1n) is 16.2. The molecule has 3 N–H and O–H groups in total. The number of ether oxygens (including phenoxy) is 2. The number of anilines is 1. The summed E-state index contributed by atoms with van der Waals surface area (Å²) in [5.74, 6) is 2.96. The number of halogens is 1. The van der Waals surface area contributed by atoms with Gasteiger partial charge in [-0.25, -0.2) is 4.39 Å². The number of carboxylic acid groups (broad SMARTS) is 1. The first-order valence-corrected chi connectivity index (χ1v) is 16.2. The minimum Gasteiger partial charge on any atom is -0.508 e. The van der Waals surface area contributed by atoms with Crippen LogP contribution in [0.2, 0.25) is 0 Å². The summed E-state index contributed by atoms with van der Waals surface area (Å²) in [6.45, 7) is 2.99. The maximum Gasteiger partial charge on any atom is 0.320 e. The molecule has 3 saturated heterocycles. The van der Waals surface area contributed by atoms with Gasteiger partial charge < -0.3 is 34.8 Å². The number of terminal acetylenes is 1. The molecule has 2 unspecified atom stereocenters. The van der Waals surface area contributed by atoms with Crippen LogP contribution in [0.25, 0.3) is 21.9 Å². The summed E-state index contributed by atoms with van der Waals surface area (Å²) in [5, 5.41) is 22.2. The lowest BCUT2D eigenvalue weighted by Gasteiger charge is -2.35. The summed E-state index contributed by atoms with van der Waals surface area (Å²) in [7, 11) is 2.12. The second kappa shape index (κ2) is 12.8. The quantitative estimate of drug-likeness (QED) is 0.195. The van der Waals surface area contributed by atoms with Gasteiger partial charge in [-0.1, -0.05) is 12.0 Å². The van der Waals surface area contributed by atoms with Crippen molar-refractivity contribution in [3.63, 3.8) is 0 Å². The maximum absolute atomic E-state index is 14.8. The van der Waals surface area contributed by atoms with E-state index in [2.05, 4.69) is 32.7 Å². The third kappa shape index (κ3) is 5.87. The third-order valence-electron chi connectivity index (χ3n) is 9.87. The van der Waals surface area contributed by atoms with Gasteiger partial charge in [0.15, 0.2) is 11.5 Å². The Kier molecular flexibility index (Phi) is 8.46. The van der Waals surface area contributed by atoms with Crippen molar-refractivity contribution >= 4 is 34.2 Å². The molecule has 0 amide bonds. The predicted octanol–water partition coefficient (Wildman–Crippen LogP) is 4.44. The number of aromatic hydroxyl groups is 1. The summed E-state index contributed by atoms with van der Waals surface area (Å²) in [6.07, 6.45) is 13.3. The molecule has 4 aromatic rings. The molecule has 0 spiro atoms. The van der Waals surface area contributed by atoms with Crippen molar-refractivity contribution in [1.29, 1.82) is 0 Å². The Hall–Kier alpha value is -4.67. The number of hydrogen-bond donors (Lipinski definition) is 3. The molecule has 3 aliphatic heterocycles. The van der Waals surface area contributed by atoms with E-state index >= 15 is 0 Å². The van der Waals surface area contributed by atoms with Crippen LogP contribution in [0, 0.1) is 18.2 Å². The number of carbonyl (C=O) groups is 1. The molecule has 4 fully saturated rings. The number of benzene rings is 2. The molecule has 1 aliphatic carbocycles. The van der Waals surface area contributed by atoms with Gasteiger partial charge in [0.1, 0.15) is 29.4 Å². The number of nitrogens with one attached hydrogen (secondary N) is 1. The van der Waals surface area contributed by atoms with Gasteiger partial charge in [-0.05, 0) is 76.1 Å². The molecular weight excluding hydrogens is 605 g/mol. The molecule has 246 valence electrons. The molecular formula is C34H38FN7O5. The molecule has 47 heavy (non-hydrogen) atoms. The lowest BCUT2D eigenvalue weighted by atomic mass is 9.93. The van der Waals surface area contributed by atoms with E-state index in [0.29, 0.717) is 53.2 Å². The van der Waals surface area contributed by atoms with Gasteiger partial charge in [0.2, 0.25) is 0 Å². The van der Waals surface area contributed by atoms with Gasteiger partial charge in [-0.2, -0.15) is 15.0 Å². The molecule has 3 atom stereocenters. The average molecular weight is 644 g/mol. The van der Waals surface area contributed by atoms with Gasteiger partial charge >= 0.3 is 12.0 Å². The fraction of sp³-hybridized carbons (Fsp3) is 0.471. The zero-order chi connectivity index (χ0) is 32.7. The highest BCUT2D eigenvalue weighted by molar-refractivity contribution is 5.95. The SMILES string of the molecule is C#Cc1c(F)ccc2cc(O)cc(Oc3nc4nc(OC[C@@H]5CCCN5C)nc(N5CC6CCC(C5)N6)c4n3C3CCC3)c12.O=CO. The summed E-state index contributed by atoms with van der Waals surface area (Å²) >= 11 is 0. The summed E-state index contributed by atoms with van der Waals surface area (Å²) in [6, 6.07) is 7.79. The molecule has 2 aromatic heterocycles. The van der Waals surface area contributed by atoms with Gasteiger partial charge in [0, 0.05) is 48.7 Å². The second-order valence-corrected chi connectivity index (χ2v) is 12.8. The van der Waals surface area contributed by atoms with Crippen LogP contribution in [0.5, 0.6) is 23.5 Å². The summed E-state index contributed by atoms with van der Waals surface area (Å²) in [5.41, 5.74) is 1.38. The molecule has 0 radical (unpaired) electrons. The van der Waals surface area contributed by atoms with Crippen molar-refractivity contribution in [2.75, 3.05) is 38.2 Å². The van der Waals surface area contributed by atoms with Crippen molar-refractivity contribution in [3.05, 3.63) is 35.6 Å². The normalized spacial score (nSPS) is 22.5. The van der Waals surface area contributed by atoms with Crippen molar-refractivity contribution in [1.82, 2.24) is 29.7 Å². The minimum absolute atomic E-state index is 0.0160. The predicted molar refractivity (Wildman–Crippen MR) is 174 cm³/mol. The van der Waals surface area contributed by atoms with E-state index in [-0.39, 0.29) is 29.6 Å². The van der Waals surface area contributed by atoms with Crippen LogP contribution >= 0.6 is 0 Å². The maximum atomic E-state index is 14.8. The number of phenolic OH excluding ortho intramolecular Hbond substituents is 1. The Morgan fingerprint density at radius 3 is 2.53 bits per heavy atom. The fourth-order valence-corrected chi connectivity index (χ4v) is 7.32. The van der Waals surface area contributed by atoms with Gasteiger partial charge in [-0.15, -0.1) is 6.42 Å². The Bertz CT molecular complexity index is 1840. The molecule has 8 rings (SSSR count). The van der Waals surface area contributed by atoms with E-state index in [4.69, 9.17) is 40.8 Å². The largest absolute Gasteiger partial charge is 0.508 e. The monoisotopic (exact) mass is 643 g/mol. The Balaban J connectivity index is 0.00000113. The topological polar surface area (TPSA) is 138 Å². The van der Waals surface area contributed by atoms with Crippen LogP contribution in [0.15, 0.2) is 24.3 Å². The van der Waals surface area contributed by atoms with Crippen LogP contribution < -0.4 is 19.7 Å². The van der Waals surface area contributed by atoms with Gasteiger partial charge in [-0.3, -0.25) is 9.36 Å². The smallest absolute Gasteiger partial charge is 0.320 e. The van der Waals surface area contributed by atoms with E-state index in [1.165, 1.54) is 12.1 Å². The van der Waals surface area contributed by atoms with Crippen LogP contribution in [0.1, 0.15) is 56.6 Å². The number of piperazine rings is 1. The minimum atomic E-state index is -0.528. The van der Waals surface area contributed by atoms with E-state index in [9.17, 15) is 9.50 Å². The highest BCUT2D eigenvalue weighted by Crippen LogP contribution is 2.44. The number of aromatic nitrogens is 4. The number of phenols is 1. The molecule has 5 heterocycles. The molecule has 13 heteroatoms. The number of likely N-dealkylation sites (N-methyl/N-ethyl adjacent to an activating group) is 1. The lowest BCUT2D eigenvalue weighted by molar-refractivity contribution is -0.122. The number of imidazole rings is 1. The molecule has 2 aromatic carbocycles. The number of likely N-dealkylation sites (tertiary alicyclic amines) is 1. The van der Waals surface area contributed by atoms with Crippen LogP contribution in [-0.4, -0.2) is 92.5 Å². The van der Waals surface area contributed by atoms with Gasteiger partial charge in [0.05, 0.1) is 5.56 Å². The number of fused-ring (bicyclic) bond motifs is 4. The Morgan fingerprint density at radius 2 is 1.87 bits per heavy atom. The average Bonchev–Trinajstić information content (AvgIpc) is 3.71. The second-order valence-electron chi connectivity index (χ2n) is 12.8. The Morgan fingerprint density at radius 1 is 1.11 bits per heavy atom. The van der Waals surface area contributed by atoms with Crippen LogP contribution in [0.4, 0.5) is 10.2 Å². The van der Waals surface area contributed by atoms with Gasteiger partial charge in [0.25, 0.3) is 6.47 Å². The van der Waals surface area contributed by atoms with Crippen LogP contribution in [0.3, 0.4) is 0 Å². The zero-order valence-corrected chi connectivity index (χ0v) is 26.2. The standard InChI is InChI=1S/C33H36FN7O3.CH2O2/c1-3-25-26(34)12-9-19-14-24(42)15-27(28(19)25)44-33-37-30-29(41(33)22-6-4-7-22)31(40-16-20-10-11-21(17-40)35-20)38-32(36-30)43-18-23-8-5-13-39(23)2;2-1-3/h1,9,12,14-15,20-23,35,42H,4-8,10-11,13,16-18H2,2H3;1H,(H,2,3)/t20?,21?,23-;/m0./s1. The van der Waals surface area contributed by atoms with Crippen molar-refractivity contribution < 1.29 is 28.9 Å². The Labute approximate surface area is 271 Å². The zero-order valence-electron chi connectivity index (χ0n) is 26.2. The fourth-order valence-electron chi connectivity index (χ4n) is 7.32. The van der Waals surface area contributed by atoms with E-state index in [0.717, 1.165) is 75.9 Å². The first kappa shape index (κ1) is 31.0. The molecule has 4 aliphatic rings. The highest BCUT2D eigenvalue weighted by Gasteiger charge is 2.37. The molecule has 2 bridgehead atoms. The number of nitrogens with zero attached hydrogens (tertiary/aromatic N) is 6. The van der Waals surface area contributed by atoms with E-state index < -0.39 is 5.82 Å². The first-order chi connectivity index (χ1) is 22.9. The lowest BCUT2D eigenvalue weighted by Crippen LogP contribution is -2.51. The van der Waals surface area contributed by atoms with E-state index in [1.54, 1.807) is 12.1 Å².